The van der Waals surface area contributed by atoms with Crippen molar-refractivity contribution in [2.24, 2.45) is 11.7 Å². The number of hydrogen-bond acceptors (Lipinski definition) is 2. The molecule has 0 saturated carbocycles. The van der Waals surface area contributed by atoms with Gasteiger partial charge in [0.25, 0.3) is 0 Å². The second kappa shape index (κ2) is 5.71. The third kappa shape index (κ3) is 3.77. The Morgan fingerprint density at radius 3 is 2.24 bits per heavy atom. The van der Waals surface area contributed by atoms with Crippen LogP contribution in [0.15, 0.2) is 12.1 Å². The Labute approximate surface area is 103 Å². The van der Waals surface area contributed by atoms with Crippen LogP contribution >= 0.6 is 0 Å². The zero-order valence-corrected chi connectivity index (χ0v) is 11.1. The lowest BCUT2D eigenvalue weighted by molar-refractivity contribution is 0.286. The first-order chi connectivity index (χ1) is 7.91. The molecule has 0 aliphatic carbocycles. The Hall–Kier alpha value is -1.51. The Kier molecular flexibility index (Phi) is 4.55. The molecule has 0 atom stereocenters. The molecule has 0 fully saturated rings. The molecule has 0 aliphatic rings. The fraction of sp³-hybridized carbons (Fsp3) is 0.500. The molecular formula is C14H22N2O. The van der Waals surface area contributed by atoms with Gasteiger partial charge in [-0.25, -0.2) is 0 Å². The molecule has 3 nitrogen and oxygen atoms in total. The number of hydrogen-bond donors (Lipinski definition) is 2. The Balaban J connectivity index is 2.83. The molecule has 1 aromatic carbocycles. The van der Waals surface area contributed by atoms with E-state index in [9.17, 15) is 0 Å². The third-order valence-corrected chi connectivity index (χ3v) is 2.71. The van der Waals surface area contributed by atoms with Crippen LogP contribution in [0.2, 0.25) is 0 Å². The van der Waals surface area contributed by atoms with Crippen molar-refractivity contribution in [1.82, 2.24) is 0 Å². The average molecular weight is 234 g/mol. The minimum absolute atomic E-state index is 0.102. The highest BCUT2D eigenvalue weighted by molar-refractivity contribution is 5.95. The molecular weight excluding hydrogens is 212 g/mol. The van der Waals surface area contributed by atoms with Crippen molar-refractivity contribution in [1.29, 1.82) is 5.41 Å². The van der Waals surface area contributed by atoms with E-state index in [-0.39, 0.29) is 5.84 Å². The average Bonchev–Trinajstić information content (AvgIpc) is 2.21. The number of nitrogens with one attached hydrogen (secondary N) is 1. The molecule has 3 heteroatoms. The molecule has 0 unspecified atom stereocenters. The van der Waals surface area contributed by atoms with Gasteiger partial charge in [-0.15, -0.1) is 0 Å². The van der Waals surface area contributed by atoms with E-state index < -0.39 is 0 Å². The summed E-state index contributed by atoms with van der Waals surface area (Å²) in [5, 5.41) is 7.43. The fourth-order valence-electron chi connectivity index (χ4n) is 1.73. The van der Waals surface area contributed by atoms with E-state index in [2.05, 4.69) is 13.8 Å². The molecule has 0 aromatic heterocycles. The molecule has 0 spiro atoms. The van der Waals surface area contributed by atoms with E-state index in [1.165, 1.54) is 0 Å². The van der Waals surface area contributed by atoms with Crippen molar-refractivity contribution in [3.05, 3.63) is 28.8 Å². The molecule has 0 bridgehead atoms. The van der Waals surface area contributed by atoms with Crippen LogP contribution in [0.3, 0.4) is 0 Å². The number of ether oxygens (including phenoxy) is 1. The summed E-state index contributed by atoms with van der Waals surface area (Å²) in [6, 6.07) is 3.81. The fourth-order valence-corrected chi connectivity index (χ4v) is 1.73. The molecule has 1 aromatic rings. The summed E-state index contributed by atoms with van der Waals surface area (Å²) in [5.74, 6) is 1.67. The molecule has 94 valence electrons. The van der Waals surface area contributed by atoms with Crippen molar-refractivity contribution in [2.45, 2.75) is 34.1 Å². The predicted octanol–water partition coefficient (Wildman–Crippen LogP) is 3.01. The summed E-state index contributed by atoms with van der Waals surface area (Å²) in [6.07, 6.45) is 1.05. The van der Waals surface area contributed by atoms with Crippen molar-refractivity contribution < 1.29 is 4.74 Å². The number of benzene rings is 1. The van der Waals surface area contributed by atoms with Crippen molar-refractivity contribution in [2.75, 3.05) is 6.61 Å². The summed E-state index contributed by atoms with van der Waals surface area (Å²) in [5.41, 5.74) is 8.33. The highest BCUT2D eigenvalue weighted by Gasteiger charge is 2.08. The summed E-state index contributed by atoms with van der Waals surface area (Å²) >= 11 is 0. The lowest BCUT2D eigenvalue weighted by Crippen LogP contribution is -2.12. The molecule has 1 rings (SSSR count). The van der Waals surface area contributed by atoms with Gasteiger partial charge in [-0.1, -0.05) is 13.8 Å². The standard InChI is InChI=1S/C14H22N2O/c1-9(2)5-6-17-13-10(3)7-12(14(15)16)8-11(13)4/h7-9H,5-6H2,1-4H3,(H3,15,16). The van der Waals surface area contributed by atoms with E-state index in [1.807, 2.05) is 26.0 Å². The summed E-state index contributed by atoms with van der Waals surface area (Å²) in [7, 11) is 0. The van der Waals surface area contributed by atoms with Gasteiger partial charge in [0.2, 0.25) is 0 Å². The number of nitrogen functional groups attached to an aromatic ring is 1. The molecule has 0 amide bonds. The molecule has 0 heterocycles. The normalized spacial score (nSPS) is 10.6. The minimum atomic E-state index is 0.102. The van der Waals surface area contributed by atoms with E-state index in [0.29, 0.717) is 5.92 Å². The summed E-state index contributed by atoms with van der Waals surface area (Å²) in [4.78, 5) is 0. The van der Waals surface area contributed by atoms with E-state index in [4.69, 9.17) is 15.9 Å². The number of rotatable bonds is 5. The first kappa shape index (κ1) is 13.6. The molecule has 0 saturated heterocycles. The van der Waals surface area contributed by atoms with Crippen LogP contribution in [0, 0.1) is 25.2 Å². The summed E-state index contributed by atoms with van der Waals surface area (Å²) < 4.78 is 5.80. The van der Waals surface area contributed by atoms with E-state index in [0.717, 1.165) is 35.5 Å². The van der Waals surface area contributed by atoms with Gasteiger partial charge in [0.1, 0.15) is 11.6 Å². The third-order valence-electron chi connectivity index (χ3n) is 2.71. The van der Waals surface area contributed by atoms with Crippen LogP contribution in [-0.4, -0.2) is 12.4 Å². The van der Waals surface area contributed by atoms with Crippen LogP contribution in [0.1, 0.15) is 37.0 Å². The molecule has 17 heavy (non-hydrogen) atoms. The first-order valence-corrected chi connectivity index (χ1v) is 6.00. The van der Waals surface area contributed by atoms with Crippen LogP contribution < -0.4 is 10.5 Å². The Morgan fingerprint density at radius 1 is 1.29 bits per heavy atom. The van der Waals surface area contributed by atoms with Gasteiger partial charge in [-0.2, -0.15) is 0 Å². The van der Waals surface area contributed by atoms with Crippen molar-refractivity contribution in [3.63, 3.8) is 0 Å². The van der Waals surface area contributed by atoms with Gasteiger partial charge in [0.15, 0.2) is 0 Å². The molecule has 0 aliphatic heterocycles. The maximum absolute atomic E-state index is 7.43. The topological polar surface area (TPSA) is 59.1 Å². The lowest BCUT2D eigenvalue weighted by Gasteiger charge is -2.14. The van der Waals surface area contributed by atoms with Gasteiger partial charge >= 0.3 is 0 Å². The highest BCUT2D eigenvalue weighted by atomic mass is 16.5. The Bertz CT molecular complexity index is 388. The van der Waals surface area contributed by atoms with Gasteiger partial charge < -0.3 is 10.5 Å². The van der Waals surface area contributed by atoms with Gasteiger partial charge in [0.05, 0.1) is 6.61 Å². The molecule has 0 radical (unpaired) electrons. The number of amidine groups is 1. The zero-order valence-electron chi connectivity index (χ0n) is 11.1. The number of nitrogens with two attached hydrogens (primary N) is 1. The first-order valence-electron chi connectivity index (χ1n) is 6.00. The SMILES string of the molecule is Cc1cc(C(=N)N)cc(C)c1OCCC(C)C. The minimum Gasteiger partial charge on any atom is -0.493 e. The maximum Gasteiger partial charge on any atom is 0.125 e. The zero-order chi connectivity index (χ0) is 13.0. The monoisotopic (exact) mass is 234 g/mol. The van der Waals surface area contributed by atoms with Crippen molar-refractivity contribution in [3.8, 4) is 5.75 Å². The van der Waals surface area contributed by atoms with Crippen LogP contribution in [0.4, 0.5) is 0 Å². The van der Waals surface area contributed by atoms with E-state index >= 15 is 0 Å². The number of aryl methyl sites for hydroxylation is 2. The van der Waals surface area contributed by atoms with Gasteiger partial charge in [-0.3, -0.25) is 5.41 Å². The van der Waals surface area contributed by atoms with Crippen LogP contribution in [0.25, 0.3) is 0 Å². The van der Waals surface area contributed by atoms with Crippen molar-refractivity contribution >= 4 is 5.84 Å². The van der Waals surface area contributed by atoms with Crippen LogP contribution in [0.5, 0.6) is 5.75 Å². The summed E-state index contributed by atoms with van der Waals surface area (Å²) in [6.45, 7) is 9.08. The molecule has 3 N–H and O–H groups in total. The van der Waals surface area contributed by atoms with Crippen LogP contribution in [-0.2, 0) is 0 Å². The van der Waals surface area contributed by atoms with Gasteiger partial charge in [-0.05, 0) is 49.4 Å². The Morgan fingerprint density at radius 2 is 1.82 bits per heavy atom. The van der Waals surface area contributed by atoms with Gasteiger partial charge in [0, 0.05) is 5.56 Å². The quantitative estimate of drug-likeness (QED) is 0.607. The largest absolute Gasteiger partial charge is 0.493 e. The van der Waals surface area contributed by atoms with E-state index in [1.54, 1.807) is 0 Å². The highest BCUT2D eigenvalue weighted by Crippen LogP contribution is 2.25. The predicted molar refractivity (Wildman–Crippen MR) is 71.9 cm³/mol. The smallest absolute Gasteiger partial charge is 0.125 e. The maximum atomic E-state index is 7.43. The second-order valence-corrected chi connectivity index (χ2v) is 4.88. The second-order valence-electron chi connectivity index (χ2n) is 4.88. The lowest BCUT2D eigenvalue weighted by atomic mass is 10.0.